The van der Waals surface area contributed by atoms with Crippen LogP contribution in [-0.4, -0.2) is 24.5 Å². The Bertz CT molecular complexity index is 1080. The number of rotatable bonds is 8. The summed E-state index contributed by atoms with van der Waals surface area (Å²) in [6.07, 6.45) is 4.29. The van der Waals surface area contributed by atoms with E-state index in [4.69, 9.17) is 9.47 Å². The topological polar surface area (TPSA) is 43.2 Å². The Kier molecular flexibility index (Phi) is 7.73. The zero-order valence-electron chi connectivity index (χ0n) is 18.6. The number of ether oxygens (including phenoxy) is 2. The van der Waals surface area contributed by atoms with E-state index in [0.717, 1.165) is 61.3 Å². The molecule has 0 aliphatic carbocycles. The summed E-state index contributed by atoms with van der Waals surface area (Å²) in [6, 6.07) is 21.1. The predicted octanol–water partition coefficient (Wildman–Crippen LogP) is 6.79. The molecule has 0 saturated carbocycles. The van der Waals surface area contributed by atoms with Gasteiger partial charge in [-0.25, -0.2) is 4.39 Å². The van der Waals surface area contributed by atoms with Crippen LogP contribution in [0.25, 0.3) is 0 Å². The zero-order chi connectivity index (χ0) is 22.5. The highest BCUT2D eigenvalue weighted by Gasteiger charge is 2.12. The highest BCUT2D eigenvalue weighted by atomic mass is 19.1. The maximum atomic E-state index is 15.0. The Balaban J connectivity index is 0.00000274. The van der Waals surface area contributed by atoms with Crippen LogP contribution in [0, 0.1) is 5.82 Å². The highest BCUT2D eigenvalue weighted by Crippen LogP contribution is 2.22. The van der Waals surface area contributed by atoms with Gasteiger partial charge in [-0.15, -0.1) is 0 Å². The largest absolute Gasteiger partial charge is 0.489 e. The van der Waals surface area contributed by atoms with Gasteiger partial charge in [-0.1, -0.05) is 25.6 Å². The molecular weight excluding hydrogens is 427 g/mol. The second-order valence-electron chi connectivity index (χ2n) is 8.38. The molecule has 0 saturated heterocycles. The van der Waals surface area contributed by atoms with Crippen LogP contribution >= 0.6 is 0 Å². The van der Waals surface area contributed by atoms with Crippen LogP contribution in [0.5, 0.6) is 11.5 Å². The lowest BCUT2D eigenvalue weighted by Crippen LogP contribution is -2.05. The second kappa shape index (κ2) is 11.1. The third-order valence-electron chi connectivity index (χ3n) is 6.07. The van der Waals surface area contributed by atoms with Crippen LogP contribution in [0.1, 0.15) is 55.4 Å². The fourth-order valence-corrected chi connectivity index (χ4v) is 4.22. The predicted molar refractivity (Wildman–Crippen MR) is 136 cm³/mol. The quantitative estimate of drug-likeness (QED) is 0.373. The molecule has 176 valence electrons. The number of halogens is 1. The van der Waals surface area contributed by atoms with Crippen molar-refractivity contribution in [2.24, 2.45) is 9.98 Å². The molecule has 0 atom stereocenters. The third-order valence-corrected chi connectivity index (χ3v) is 6.07. The highest BCUT2D eigenvalue weighted by molar-refractivity contribution is 6.02. The van der Waals surface area contributed by atoms with Gasteiger partial charge >= 0.3 is 0 Å². The number of benzene rings is 3. The molecule has 0 unspecified atom stereocenters. The van der Waals surface area contributed by atoms with Gasteiger partial charge < -0.3 is 9.47 Å². The van der Waals surface area contributed by atoms with E-state index in [0.29, 0.717) is 22.6 Å². The summed E-state index contributed by atoms with van der Waals surface area (Å²) >= 11 is 0. The minimum absolute atomic E-state index is 0. The van der Waals surface area contributed by atoms with Gasteiger partial charge in [0.1, 0.15) is 30.5 Å². The summed E-state index contributed by atoms with van der Waals surface area (Å²) in [5.41, 5.74) is 5.60. The van der Waals surface area contributed by atoms with Crippen LogP contribution in [0.15, 0.2) is 76.7 Å². The number of nitrogens with zero attached hydrogens (tertiary/aromatic N) is 2. The van der Waals surface area contributed by atoms with Gasteiger partial charge in [-0.3, -0.25) is 9.98 Å². The molecule has 5 rings (SSSR count). The van der Waals surface area contributed by atoms with E-state index in [1.54, 1.807) is 12.1 Å². The molecule has 0 amide bonds. The van der Waals surface area contributed by atoms with Crippen LogP contribution in [-0.2, 0) is 13.2 Å². The fourth-order valence-electron chi connectivity index (χ4n) is 4.22. The van der Waals surface area contributed by atoms with Gasteiger partial charge in [-0.05, 0) is 85.3 Å². The van der Waals surface area contributed by atoms with Crippen LogP contribution in [0.2, 0.25) is 0 Å². The van der Waals surface area contributed by atoms with Crippen LogP contribution in [0.3, 0.4) is 0 Å². The van der Waals surface area contributed by atoms with Crippen LogP contribution < -0.4 is 9.47 Å². The number of aliphatic imine (C=N–C) groups is 2. The van der Waals surface area contributed by atoms with E-state index in [1.807, 2.05) is 54.6 Å². The first-order valence-corrected chi connectivity index (χ1v) is 11.6. The van der Waals surface area contributed by atoms with Crippen molar-refractivity contribution in [3.05, 3.63) is 94.8 Å². The molecule has 0 radical (unpaired) electrons. The van der Waals surface area contributed by atoms with Crippen molar-refractivity contribution in [3.8, 4) is 11.5 Å². The standard InChI is InChI=1S/C28H27FN2O2.CH4/c29-28-22(18-32-24-12-8-20(9-13-24)26-6-2-16-30-26)4-1-5-23(28)19-33-25-14-10-21(11-15-25)27-7-3-17-31-27;/h1,4-5,8-15H,2-3,6-7,16-19H2;1H4. The minimum atomic E-state index is -0.286. The molecule has 4 nitrogen and oxygen atoms in total. The van der Waals surface area contributed by atoms with Gasteiger partial charge in [0, 0.05) is 35.6 Å². The summed E-state index contributed by atoms with van der Waals surface area (Å²) in [7, 11) is 0. The molecule has 5 heteroatoms. The monoisotopic (exact) mass is 458 g/mol. The average molecular weight is 459 g/mol. The third kappa shape index (κ3) is 5.53. The van der Waals surface area contributed by atoms with Gasteiger partial charge in [0.05, 0.1) is 0 Å². The van der Waals surface area contributed by atoms with Gasteiger partial charge in [0.2, 0.25) is 0 Å². The summed E-state index contributed by atoms with van der Waals surface area (Å²) in [6.45, 7) is 2.15. The minimum Gasteiger partial charge on any atom is -0.489 e. The van der Waals surface area contributed by atoms with E-state index < -0.39 is 0 Å². The lowest BCUT2D eigenvalue weighted by molar-refractivity contribution is 0.287. The molecular formula is C29H31FN2O2. The first kappa shape index (κ1) is 23.7. The van der Waals surface area contributed by atoms with Crippen molar-refractivity contribution in [3.63, 3.8) is 0 Å². The Labute approximate surface area is 201 Å². The van der Waals surface area contributed by atoms with E-state index >= 15 is 4.39 Å². The number of hydrogen-bond donors (Lipinski definition) is 0. The summed E-state index contributed by atoms with van der Waals surface area (Å²) in [4.78, 5) is 9.04. The molecule has 0 bridgehead atoms. The summed E-state index contributed by atoms with van der Waals surface area (Å²) < 4.78 is 26.7. The van der Waals surface area contributed by atoms with Crippen molar-refractivity contribution in [1.82, 2.24) is 0 Å². The van der Waals surface area contributed by atoms with Crippen molar-refractivity contribution < 1.29 is 13.9 Å². The van der Waals surface area contributed by atoms with E-state index in [1.165, 1.54) is 0 Å². The van der Waals surface area contributed by atoms with Gasteiger partial charge in [-0.2, -0.15) is 0 Å². The molecule has 0 aromatic heterocycles. The van der Waals surface area contributed by atoms with Crippen molar-refractivity contribution in [2.45, 2.75) is 46.3 Å². The molecule has 2 aliphatic rings. The maximum Gasteiger partial charge on any atom is 0.136 e. The molecule has 0 fully saturated rings. The number of hydrogen-bond acceptors (Lipinski definition) is 4. The molecule has 2 aliphatic heterocycles. The fraction of sp³-hybridized carbons (Fsp3) is 0.310. The molecule has 34 heavy (non-hydrogen) atoms. The molecule has 0 N–H and O–H groups in total. The Morgan fingerprint density at radius 3 is 1.47 bits per heavy atom. The molecule has 2 heterocycles. The Hall–Kier alpha value is -3.47. The van der Waals surface area contributed by atoms with Gasteiger partial charge in [0.25, 0.3) is 0 Å². The van der Waals surface area contributed by atoms with E-state index in [9.17, 15) is 0 Å². The van der Waals surface area contributed by atoms with Crippen molar-refractivity contribution >= 4 is 11.4 Å². The SMILES string of the molecule is C.Fc1c(COc2ccc(C3=NCCC3)cc2)cccc1COc1ccc(C2=NCCC2)cc1. The van der Waals surface area contributed by atoms with Gasteiger partial charge in [0.15, 0.2) is 0 Å². The van der Waals surface area contributed by atoms with Crippen LogP contribution in [0.4, 0.5) is 4.39 Å². The summed E-state index contributed by atoms with van der Waals surface area (Å²) in [5.74, 6) is 1.14. The first-order chi connectivity index (χ1) is 16.3. The molecule has 0 spiro atoms. The maximum absolute atomic E-state index is 15.0. The molecule has 3 aromatic rings. The normalized spacial score (nSPS) is 14.9. The van der Waals surface area contributed by atoms with Crippen molar-refractivity contribution in [2.75, 3.05) is 13.1 Å². The van der Waals surface area contributed by atoms with E-state index in [-0.39, 0.29) is 26.5 Å². The van der Waals surface area contributed by atoms with Crippen molar-refractivity contribution in [1.29, 1.82) is 0 Å². The first-order valence-electron chi connectivity index (χ1n) is 11.6. The Morgan fingerprint density at radius 1 is 0.647 bits per heavy atom. The summed E-state index contributed by atoms with van der Waals surface area (Å²) in [5, 5.41) is 0. The Morgan fingerprint density at radius 2 is 1.09 bits per heavy atom. The molecule has 3 aromatic carbocycles. The lowest BCUT2D eigenvalue weighted by atomic mass is 10.1. The smallest absolute Gasteiger partial charge is 0.136 e. The van der Waals surface area contributed by atoms with E-state index in [2.05, 4.69) is 9.98 Å². The second-order valence-corrected chi connectivity index (χ2v) is 8.38. The average Bonchev–Trinajstić information content (AvgIpc) is 3.58. The zero-order valence-corrected chi connectivity index (χ0v) is 18.6. The lowest BCUT2D eigenvalue weighted by Gasteiger charge is -2.12.